The Balaban J connectivity index is 1.87. The summed E-state index contributed by atoms with van der Waals surface area (Å²) in [5, 5.41) is 13.1. The van der Waals surface area contributed by atoms with Crippen LogP contribution in [0.15, 0.2) is 0 Å². The zero-order chi connectivity index (χ0) is 13.4. The summed E-state index contributed by atoms with van der Waals surface area (Å²) < 4.78 is 10.7. The van der Waals surface area contributed by atoms with E-state index >= 15 is 0 Å². The number of hydrogen-bond acceptors (Lipinski definition) is 4. The topological polar surface area (TPSA) is 50.7 Å². The Hall–Kier alpha value is -0.160. The maximum Gasteiger partial charge on any atom is 0.0897 e. The summed E-state index contributed by atoms with van der Waals surface area (Å²) in [4.78, 5) is 0. The van der Waals surface area contributed by atoms with Crippen molar-refractivity contribution in [3.05, 3.63) is 0 Å². The summed E-state index contributed by atoms with van der Waals surface area (Å²) in [6.45, 7) is 8.31. The first kappa shape index (κ1) is 15.9. The molecule has 0 amide bonds. The van der Waals surface area contributed by atoms with Gasteiger partial charge in [0.2, 0.25) is 0 Å². The number of hydrogen-bond donors (Lipinski definition) is 2. The first-order valence-electron chi connectivity index (χ1n) is 7.18. The van der Waals surface area contributed by atoms with Gasteiger partial charge in [-0.15, -0.1) is 0 Å². The van der Waals surface area contributed by atoms with Crippen LogP contribution < -0.4 is 5.32 Å². The second-order valence-electron chi connectivity index (χ2n) is 5.64. The molecule has 108 valence electrons. The number of nitrogens with one attached hydrogen (secondary N) is 1. The van der Waals surface area contributed by atoms with Crippen molar-refractivity contribution < 1.29 is 14.6 Å². The first-order chi connectivity index (χ1) is 8.58. The van der Waals surface area contributed by atoms with Gasteiger partial charge in [-0.1, -0.05) is 12.8 Å². The molecule has 0 saturated heterocycles. The summed E-state index contributed by atoms with van der Waals surface area (Å²) in [5.74, 6) is 0.925. The van der Waals surface area contributed by atoms with E-state index in [1.165, 1.54) is 19.3 Å². The maximum absolute atomic E-state index is 9.73. The van der Waals surface area contributed by atoms with Gasteiger partial charge in [0.05, 0.1) is 32.0 Å². The SMILES string of the molecule is CC(CC1CC1)NCC(O)COCCOC(C)C. The molecule has 4 nitrogen and oxygen atoms in total. The molecule has 1 saturated carbocycles. The summed E-state index contributed by atoms with van der Waals surface area (Å²) in [5.41, 5.74) is 0. The van der Waals surface area contributed by atoms with E-state index in [1.807, 2.05) is 13.8 Å². The van der Waals surface area contributed by atoms with Crippen molar-refractivity contribution >= 4 is 0 Å². The molecule has 0 aromatic heterocycles. The molecule has 0 heterocycles. The van der Waals surface area contributed by atoms with Gasteiger partial charge in [-0.25, -0.2) is 0 Å². The molecule has 1 rings (SSSR count). The third-order valence-corrected chi connectivity index (χ3v) is 3.07. The molecule has 2 atom stereocenters. The quantitative estimate of drug-likeness (QED) is 0.553. The Morgan fingerprint density at radius 3 is 2.56 bits per heavy atom. The van der Waals surface area contributed by atoms with Crippen molar-refractivity contribution in [1.82, 2.24) is 5.32 Å². The average Bonchev–Trinajstić information content (AvgIpc) is 3.09. The molecular formula is C14H29NO3. The highest BCUT2D eigenvalue weighted by Crippen LogP contribution is 2.33. The Kier molecular flexibility index (Phi) is 7.82. The molecule has 2 N–H and O–H groups in total. The highest BCUT2D eigenvalue weighted by atomic mass is 16.5. The third-order valence-electron chi connectivity index (χ3n) is 3.07. The normalized spacial score (nSPS) is 19.2. The Morgan fingerprint density at radius 2 is 1.94 bits per heavy atom. The Bertz CT molecular complexity index is 207. The van der Waals surface area contributed by atoms with Gasteiger partial charge >= 0.3 is 0 Å². The number of ether oxygens (including phenoxy) is 2. The maximum atomic E-state index is 9.73. The molecular weight excluding hydrogens is 230 g/mol. The van der Waals surface area contributed by atoms with Gasteiger partial charge in [0.15, 0.2) is 0 Å². The fourth-order valence-electron chi connectivity index (χ4n) is 1.90. The van der Waals surface area contributed by atoms with E-state index in [-0.39, 0.29) is 6.10 Å². The lowest BCUT2D eigenvalue weighted by molar-refractivity contribution is -0.0104. The van der Waals surface area contributed by atoms with Crippen LogP contribution in [0.5, 0.6) is 0 Å². The monoisotopic (exact) mass is 259 g/mol. The minimum Gasteiger partial charge on any atom is -0.389 e. The smallest absolute Gasteiger partial charge is 0.0897 e. The molecule has 1 aliphatic rings. The van der Waals surface area contributed by atoms with Crippen molar-refractivity contribution in [3.63, 3.8) is 0 Å². The molecule has 0 spiro atoms. The van der Waals surface area contributed by atoms with E-state index in [0.29, 0.717) is 32.4 Å². The lowest BCUT2D eigenvalue weighted by Gasteiger charge is -2.17. The fraction of sp³-hybridized carbons (Fsp3) is 1.00. The van der Waals surface area contributed by atoms with E-state index < -0.39 is 6.10 Å². The van der Waals surface area contributed by atoms with Crippen LogP contribution in [0, 0.1) is 5.92 Å². The van der Waals surface area contributed by atoms with Gasteiger partial charge in [-0.3, -0.25) is 0 Å². The first-order valence-corrected chi connectivity index (χ1v) is 7.18. The average molecular weight is 259 g/mol. The van der Waals surface area contributed by atoms with Gasteiger partial charge in [-0.05, 0) is 33.1 Å². The fourth-order valence-corrected chi connectivity index (χ4v) is 1.90. The zero-order valence-electron chi connectivity index (χ0n) is 12.0. The molecule has 0 aromatic carbocycles. The van der Waals surface area contributed by atoms with E-state index in [0.717, 1.165) is 5.92 Å². The van der Waals surface area contributed by atoms with Crippen molar-refractivity contribution in [1.29, 1.82) is 0 Å². The molecule has 18 heavy (non-hydrogen) atoms. The second kappa shape index (κ2) is 8.86. The van der Waals surface area contributed by atoms with Gasteiger partial charge in [-0.2, -0.15) is 0 Å². The van der Waals surface area contributed by atoms with Gasteiger partial charge in [0, 0.05) is 12.6 Å². The van der Waals surface area contributed by atoms with Gasteiger partial charge in [0.25, 0.3) is 0 Å². The molecule has 0 aromatic rings. The second-order valence-corrected chi connectivity index (χ2v) is 5.64. The number of rotatable bonds is 11. The molecule has 2 unspecified atom stereocenters. The molecule has 1 aliphatic carbocycles. The van der Waals surface area contributed by atoms with Crippen LogP contribution >= 0.6 is 0 Å². The number of aliphatic hydroxyl groups excluding tert-OH is 1. The molecule has 0 aliphatic heterocycles. The molecule has 0 radical (unpaired) electrons. The summed E-state index contributed by atoms with van der Waals surface area (Å²) in [7, 11) is 0. The standard InChI is InChI=1S/C14H29NO3/c1-11(2)18-7-6-17-10-14(16)9-15-12(3)8-13-4-5-13/h11-16H,4-10H2,1-3H3. The van der Waals surface area contributed by atoms with E-state index in [2.05, 4.69) is 12.2 Å². The van der Waals surface area contributed by atoms with Crippen molar-refractivity contribution in [2.75, 3.05) is 26.4 Å². The van der Waals surface area contributed by atoms with Crippen LogP contribution in [0.1, 0.15) is 40.0 Å². The minimum absolute atomic E-state index is 0.239. The van der Waals surface area contributed by atoms with Gasteiger partial charge < -0.3 is 19.9 Å². The van der Waals surface area contributed by atoms with Gasteiger partial charge in [0.1, 0.15) is 0 Å². The lowest BCUT2D eigenvalue weighted by atomic mass is 10.1. The molecule has 0 bridgehead atoms. The largest absolute Gasteiger partial charge is 0.389 e. The Morgan fingerprint density at radius 1 is 1.22 bits per heavy atom. The molecule has 1 fully saturated rings. The summed E-state index contributed by atoms with van der Waals surface area (Å²) >= 11 is 0. The Labute approximate surface area is 111 Å². The lowest BCUT2D eigenvalue weighted by Crippen LogP contribution is -2.36. The van der Waals surface area contributed by atoms with Crippen LogP contribution in [0.4, 0.5) is 0 Å². The van der Waals surface area contributed by atoms with Crippen molar-refractivity contribution in [2.45, 2.75) is 58.3 Å². The van der Waals surface area contributed by atoms with E-state index in [9.17, 15) is 5.11 Å². The molecule has 4 heteroatoms. The van der Waals surface area contributed by atoms with Crippen molar-refractivity contribution in [3.8, 4) is 0 Å². The summed E-state index contributed by atoms with van der Waals surface area (Å²) in [6, 6.07) is 0.497. The highest BCUT2D eigenvalue weighted by Gasteiger charge is 2.23. The van der Waals surface area contributed by atoms with Crippen LogP contribution in [-0.4, -0.2) is 49.7 Å². The van der Waals surface area contributed by atoms with E-state index in [1.54, 1.807) is 0 Å². The van der Waals surface area contributed by atoms with Crippen LogP contribution in [0.2, 0.25) is 0 Å². The van der Waals surface area contributed by atoms with Crippen LogP contribution in [0.3, 0.4) is 0 Å². The van der Waals surface area contributed by atoms with E-state index in [4.69, 9.17) is 9.47 Å². The number of aliphatic hydroxyl groups is 1. The summed E-state index contributed by atoms with van der Waals surface area (Å²) in [6.07, 6.45) is 3.81. The predicted octanol–water partition coefficient (Wildman–Crippen LogP) is 1.57. The minimum atomic E-state index is -0.425. The van der Waals surface area contributed by atoms with Crippen molar-refractivity contribution in [2.24, 2.45) is 5.92 Å². The van der Waals surface area contributed by atoms with Crippen LogP contribution in [-0.2, 0) is 9.47 Å². The zero-order valence-corrected chi connectivity index (χ0v) is 12.0. The third kappa shape index (κ3) is 8.86. The highest BCUT2D eigenvalue weighted by molar-refractivity contribution is 4.78. The predicted molar refractivity (Wildman–Crippen MR) is 72.7 cm³/mol. The van der Waals surface area contributed by atoms with Crippen LogP contribution in [0.25, 0.3) is 0 Å².